The standard InChI is InChI=1S/C18H25N3O4S2/c1-12(2)15-5-7-16(8-6-15)20-27(24,25)18-13(3)19-21(14(18)4)17-9-10-26(22,23)11-17/h5-8,12,17,20H,9-11H2,1-4H3/t17-/m1/s1. The van der Waals surface area contributed by atoms with E-state index in [2.05, 4.69) is 23.7 Å². The molecule has 3 rings (SSSR count). The molecule has 1 N–H and O–H groups in total. The number of rotatable bonds is 5. The van der Waals surface area contributed by atoms with E-state index in [-0.39, 0.29) is 22.4 Å². The van der Waals surface area contributed by atoms with Gasteiger partial charge in [0.2, 0.25) is 0 Å². The molecule has 1 saturated heterocycles. The second kappa shape index (κ2) is 6.94. The Kier molecular flexibility index (Phi) is 5.11. The molecule has 1 aromatic carbocycles. The summed E-state index contributed by atoms with van der Waals surface area (Å²) in [5.74, 6) is 0.470. The third-order valence-electron chi connectivity index (χ3n) is 4.91. The summed E-state index contributed by atoms with van der Waals surface area (Å²) in [6.07, 6.45) is 0.452. The fourth-order valence-corrected chi connectivity index (χ4v) is 6.66. The van der Waals surface area contributed by atoms with Gasteiger partial charge in [0.05, 0.1) is 28.9 Å². The molecule has 2 aromatic rings. The molecule has 1 aliphatic rings. The molecule has 148 valence electrons. The van der Waals surface area contributed by atoms with Crippen molar-refractivity contribution in [3.8, 4) is 0 Å². The molecule has 0 amide bonds. The summed E-state index contributed by atoms with van der Waals surface area (Å²) in [4.78, 5) is 0.111. The summed E-state index contributed by atoms with van der Waals surface area (Å²) in [5, 5.41) is 4.34. The molecule has 2 heterocycles. The number of hydrogen-bond donors (Lipinski definition) is 1. The summed E-state index contributed by atoms with van der Waals surface area (Å²) < 4.78 is 53.5. The van der Waals surface area contributed by atoms with E-state index in [1.165, 1.54) is 0 Å². The van der Waals surface area contributed by atoms with Gasteiger partial charge < -0.3 is 0 Å². The van der Waals surface area contributed by atoms with Gasteiger partial charge in [0.1, 0.15) is 4.90 Å². The average molecular weight is 412 g/mol. The molecule has 9 heteroatoms. The molecule has 0 aliphatic carbocycles. The van der Waals surface area contributed by atoms with E-state index in [9.17, 15) is 16.8 Å². The molecule has 0 radical (unpaired) electrons. The predicted octanol–water partition coefficient (Wildman–Crippen LogP) is 2.78. The third kappa shape index (κ3) is 4.03. The maximum Gasteiger partial charge on any atom is 0.265 e. The van der Waals surface area contributed by atoms with Crippen LogP contribution in [-0.2, 0) is 19.9 Å². The van der Waals surface area contributed by atoms with E-state index in [1.54, 1.807) is 30.7 Å². The van der Waals surface area contributed by atoms with Crippen LogP contribution in [0.4, 0.5) is 5.69 Å². The summed E-state index contributed by atoms with van der Waals surface area (Å²) in [6, 6.07) is 6.96. The molecular formula is C18H25N3O4S2. The highest BCUT2D eigenvalue weighted by Crippen LogP contribution is 2.30. The highest BCUT2D eigenvalue weighted by atomic mass is 32.2. The number of aromatic nitrogens is 2. The van der Waals surface area contributed by atoms with Gasteiger partial charge in [0.15, 0.2) is 9.84 Å². The van der Waals surface area contributed by atoms with Crippen LogP contribution >= 0.6 is 0 Å². The van der Waals surface area contributed by atoms with Crippen LogP contribution in [0.3, 0.4) is 0 Å². The van der Waals surface area contributed by atoms with Gasteiger partial charge in [0, 0.05) is 5.69 Å². The Balaban J connectivity index is 1.91. The number of nitrogens with zero attached hydrogens (tertiary/aromatic N) is 2. The van der Waals surface area contributed by atoms with Gasteiger partial charge in [-0.2, -0.15) is 5.10 Å². The SMILES string of the molecule is Cc1nn([C@@H]2CCS(=O)(=O)C2)c(C)c1S(=O)(=O)Nc1ccc(C(C)C)cc1. The van der Waals surface area contributed by atoms with Gasteiger partial charge in [-0.3, -0.25) is 9.40 Å². The summed E-state index contributed by atoms with van der Waals surface area (Å²) in [7, 11) is -6.91. The van der Waals surface area contributed by atoms with E-state index in [1.807, 2.05) is 12.1 Å². The Labute approximate surface area is 160 Å². The molecule has 1 aromatic heterocycles. The molecule has 0 spiro atoms. The smallest absolute Gasteiger partial charge is 0.265 e. The Hall–Kier alpha value is -1.87. The molecular weight excluding hydrogens is 386 g/mol. The minimum atomic E-state index is -3.83. The minimum absolute atomic E-state index is 0.00145. The van der Waals surface area contributed by atoms with Gasteiger partial charge in [-0.15, -0.1) is 0 Å². The van der Waals surface area contributed by atoms with Crippen molar-refractivity contribution in [2.75, 3.05) is 16.2 Å². The Morgan fingerprint density at radius 2 is 1.81 bits per heavy atom. The zero-order valence-electron chi connectivity index (χ0n) is 15.9. The normalized spacial score (nSPS) is 19.5. The lowest BCUT2D eigenvalue weighted by molar-refractivity contribution is 0.484. The van der Waals surface area contributed by atoms with Gasteiger partial charge >= 0.3 is 0 Å². The molecule has 27 heavy (non-hydrogen) atoms. The molecule has 1 atom stereocenters. The van der Waals surface area contributed by atoms with Crippen LogP contribution in [0.25, 0.3) is 0 Å². The highest BCUT2D eigenvalue weighted by molar-refractivity contribution is 7.92. The lowest BCUT2D eigenvalue weighted by Gasteiger charge is -2.13. The van der Waals surface area contributed by atoms with Crippen molar-refractivity contribution < 1.29 is 16.8 Å². The molecule has 0 saturated carbocycles. The largest absolute Gasteiger partial charge is 0.280 e. The monoisotopic (exact) mass is 411 g/mol. The number of nitrogens with one attached hydrogen (secondary N) is 1. The van der Waals surface area contributed by atoms with Gasteiger partial charge in [-0.05, 0) is 43.9 Å². The van der Waals surface area contributed by atoms with Crippen LogP contribution < -0.4 is 4.72 Å². The molecule has 0 unspecified atom stereocenters. The van der Waals surface area contributed by atoms with Crippen molar-refractivity contribution >= 4 is 25.5 Å². The number of benzene rings is 1. The minimum Gasteiger partial charge on any atom is -0.280 e. The lowest BCUT2D eigenvalue weighted by atomic mass is 10.0. The van der Waals surface area contributed by atoms with Crippen LogP contribution in [0.5, 0.6) is 0 Å². The first-order valence-electron chi connectivity index (χ1n) is 8.89. The Bertz CT molecular complexity index is 1050. The highest BCUT2D eigenvalue weighted by Gasteiger charge is 2.33. The number of anilines is 1. The zero-order valence-corrected chi connectivity index (χ0v) is 17.6. The zero-order chi connectivity index (χ0) is 20.0. The summed E-state index contributed by atoms with van der Waals surface area (Å²) >= 11 is 0. The second-order valence-corrected chi connectivity index (χ2v) is 11.2. The van der Waals surface area contributed by atoms with Crippen LogP contribution in [0, 0.1) is 13.8 Å². The molecule has 0 bridgehead atoms. The maximum absolute atomic E-state index is 12.9. The van der Waals surface area contributed by atoms with E-state index in [0.717, 1.165) is 5.56 Å². The van der Waals surface area contributed by atoms with Crippen LogP contribution in [0.1, 0.15) is 49.2 Å². The van der Waals surface area contributed by atoms with Crippen molar-refractivity contribution in [2.24, 2.45) is 0 Å². The van der Waals surface area contributed by atoms with Crippen LogP contribution in [0.2, 0.25) is 0 Å². The van der Waals surface area contributed by atoms with Crippen molar-refractivity contribution in [3.63, 3.8) is 0 Å². The van der Waals surface area contributed by atoms with Gasteiger partial charge in [0.25, 0.3) is 10.0 Å². The first-order chi connectivity index (χ1) is 12.5. The quantitative estimate of drug-likeness (QED) is 0.816. The van der Waals surface area contributed by atoms with Crippen molar-refractivity contribution in [1.29, 1.82) is 0 Å². The molecule has 7 nitrogen and oxygen atoms in total. The van der Waals surface area contributed by atoms with Crippen LogP contribution in [-0.4, -0.2) is 38.1 Å². The first kappa shape index (κ1) is 19.9. The topological polar surface area (TPSA) is 98.1 Å². The van der Waals surface area contributed by atoms with E-state index < -0.39 is 19.9 Å². The summed E-state index contributed by atoms with van der Waals surface area (Å²) in [6.45, 7) is 7.44. The fraction of sp³-hybridized carbons (Fsp3) is 0.500. The van der Waals surface area contributed by atoms with E-state index >= 15 is 0 Å². The van der Waals surface area contributed by atoms with Crippen molar-refractivity contribution in [3.05, 3.63) is 41.2 Å². The number of sulfone groups is 1. The predicted molar refractivity (Wildman–Crippen MR) is 105 cm³/mol. The third-order valence-corrected chi connectivity index (χ3v) is 8.29. The Morgan fingerprint density at radius 1 is 1.19 bits per heavy atom. The van der Waals surface area contributed by atoms with Crippen LogP contribution in [0.15, 0.2) is 29.2 Å². The fourth-order valence-electron chi connectivity index (χ4n) is 3.50. The van der Waals surface area contributed by atoms with Gasteiger partial charge in [-0.25, -0.2) is 16.8 Å². The summed E-state index contributed by atoms with van der Waals surface area (Å²) in [5.41, 5.74) is 2.43. The van der Waals surface area contributed by atoms with E-state index in [0.29, 0.717) is 29.4 Å². The maximum atomic E-state index is 12.9. The molecule has 1 fully saturated rings. The lowest BCUT2D eigenvalue weighted by Crippen LogP contribution is -2.17. The van der Waals surface area contributed by atoms with Gasteiger partial charge in [-0.1, -0.05) is 26.0 Å². The average Bonchev–Trinajstić information content (AvgIpc) is 3.06. The molecule has 1 aliphatic heterocycles. The van der Waals surface area contributed by atoms with Crippen molar-refractivity contribution in [1.82, 2.24) is 9.78 Å². The number of hydrogen-bond acceptors (Lipinski definition) is 5. The number of aryl methyl sites for hydroxylation is 1. The first-order valence-corrected chi connectivity index (χ1v) is 12.2. The Morgan fingerprint density at radius 3 is 2.33 bits per heavy atom. The van der Waals surface area contributed by atoms with Crippen molar-refractivity contribution in [2.45, 2.75) is 51.0 Å². The number of sulfonamides is 1. The van der Waals surface area contributed by atoms with E-state index in [4.69, 9.17) is 0 Å². The second-order valence-electron chi connectivity index (χ2n) is 7.38.